The van der Waals surface area contributed by atoms with E-state index < -0.39 is 5.91 Å². The van der Waals surface area contributed by atoms with Gasteiger partial charge in [-0.25, -0.2) is 0 Å². The van der Waals surface area contributed by atoms with E-state index in [0.717, 1.165) is 24.8 Å². The highest BCUT2D eigenvalue weighted by atomic mass is 35.5. The molecule has 2 aromatic rings. The number of nitriles is 1. The van der Waals surface area contributed by atoms with Gasteiger partial charge in [0, 0.05) is 9.90 Å². The molecule has 1 aliphatic rings. The minimum absolute atomic E-state index is 0.120. The van der Waals surface area contributed by atoms with E-state index in [1.54, 1.807) is 12.1 Å². The van der Waals surface area contributed by atoms with Crippen molar-refractivity contribution in [3.05, 3.63) is 49.8 Å². The molecule has 1 aromatic carbocycles. The van der Waals surface area contributed by atoms with Crippen molar-refractivity contribution in [3.8, 4) is 6.07 Å². The molecule has 1 aliphatic carbocycles. The second kappa shape index (κ2) is 7.93. The zero-order valence-electron chi connectivity index (χ0n) is 13.9. The lowest BCUT2D eigenvalue weighted by molar-refractivity contribution is 0.0978. The molecule has 1 atom stereocenters. The predicted molar refractivity (Wildman–Crippen MR) is 110 cm³/mol. The Morgan fingerprint density at radius 3 is 2.92 bits per heavy atom. The van der Waals surface area contributed by atoms with E-state index in [1.165, 1.54) is 22.3 Å². The van der Waals surface area contributed by atoms with Crippen LogP contribution in [0.3, 0.4) is 0 Å². The molecule has 1 heterocycles. The lowest BCUT2D eigenvalue weighted by Crippen LogP contribution is -2.34. The van der Waals surface area contributed by atoms with Crippen molar-refractivity contribution in [2.75, 3.05) is 5.32 Å². The van der Waals surface area contributed by atoms with Gasteiger partial charge in [-0.05, 0) is 61.2 Å². The SMILES string of the molecule is C[C@@H]1CCc2c(sc(NC(=S)NC(=O)c3cc(Cl)ccc3Cl)c2C#N)C1. The standard InChI is InChI=1S/C18H15Cl2N3OS2/c1-9-2-4-11-13(8-21)17(26-15(11)6-9)23-18(25)22-16(24)12-7-10(19)3-5-14(12)20/h3,5,7,9H,2,4,6H2,1H3,(H2,22,23,24,25)/t9-/m1/s1. The second-order valence-corrected chi connectivity index (χ2v) is 8.56. The van der Waals surface area contributed by atoms with E-state index in [1.807, 2.05) is 0 Å². The Morgan fingerprint density at radius 2 is 2.19 bits per heavy atom. The molecule has 134 valence electrons. The van der Waals surface area contributed by atoms with Gasteiger partial charge < -0.3 is 5.32 Å². The Kier molecular flexibility index (Phi) is 5.83. The Balaban J connectivity index is 1.76. The molecular formula is C18H15Cl2N3OS2. The van der Waals surface area contributed by atoms with Gasteiger partial charge in [-0.2, -0.15) is 5.26 Å². The van der Waals surface area contributed by atoms with E-state index >= 15 is 0 Å². The van der Waals surface area contributed by atoms with Crippen LogP contribution in [0, 0.1) is 17.2 Å². The number of carbonyl (C=O) groups is 1. The summed E-state index contributed by atoms with van der Waals surface area (Å²) in [7, 11) is 0. The number of nitrogens with zero attached hydrogens (tertiary/aromatic N) is 1. The summed E-state index contributed by atoms with van der Waals surface area (Å²) < 4.78 is 0. The number of anilines is 1. The van der Waals surface area contributed by atoms with Crippen LogP contribution < -0.4 is 10.6 Å². The number of rotatable bonds is 2. The smallest absolute Gasteiger partial charge is 0.258 e. The molecule has 1 amide bonds. The first-order valence-electron chi connectivity index (χ1n) is 8.01. The molecule has 0 spiro atoms. The lowest BCUT2D eigenvalue weighted by atomic mass is 9.89. The van der Waals surface area contributed by atoms with Gasteiger partial charge in [0.15, 0.2) is 5.11 Å². The molecule has 1 aromatic heterocycles. The van der Waals surface area contributed by atoms with E-state index in [4.69, 9.17) is 35.4 Å². The number of fused-ring (bicyclic) bond motifs is 1. The molecule has 0 saturated carbocycles. The minimum Gasteiger partial charge on any atom is -0.323 e. The fourth-order valence-corrected chi connectivity index (χ4v) is 4.93. The maximum atomic E-state index is 12.4. The second-order valence-electron chi connectivity index (χ2n) is 6.20. The van der Waals surface area contributed by atoms with E-state index in [9.17, 15) is 10.1 Å². The highest BCUT2D eigenvalue weighted by Crippen LogP contribution is 2.39. The van der Waals surface area contributed by atoms with Crippen LogP contribution in [-0.2, 0) is 12.8 Å². The maximum Gasteiger partial charge on any atom is 0.258 e. The summed E-state index contributed by atoms with van der Waals surface area (Å²) >= 11 is 18.7. The third-order valence-electron chi connectivity index (χ3n) is 4.25. The fourth-order valence-electron chi connectivity index (χ4n) is 2.93. The van der Waals surface area contributed by atoms with Gasteiger partial charge in [0.1, 0.15) is 11.1 Å². The van der Waals surface area contributed by atoms with Gasteiger partial charge in [-0.1, -0.05) is 30.1 Å². The maximum absolute atomic E-state index is 12.4. The summed E-state index contributed by atoms with van der Waals surface area (Å²) in [5, 5.41) is 16.6. The largest absolute Gasteiger partial charge is 0.323 e. The molecule has 0 unspecified atom stereocenters. The molecule has 0 bridgehead atoms. The molecule has 4 nitrogen and oxygen atoms in total. The van der Waals surface area contributed by atoms with Crippen molar-refractivity contribution in [1.82, 2.24) is 5.32 Å². The Labute approximate surface area is 171 Å². The number of amides is 1. The topological polar surface area (TPSA) is 64.9 Å². The number of nitrogens with one attached hydrogen (secondary N) is 2. The first-order chi connectivity index (χ1) is 12.4. The zero-order chi connectivity index (χ0) is 18.8. The summed E-state index contributed by atoms with van der Waals surface area (Å²) in [6, 6.07) is 6.90. The molecule has 0 saturated heterocycles. The summed E-state index contributed by atoms with van der Waals surface area (Å²) in [6.45, 7) is 2.21. The van der Waals surface area contributed by atoms with Crippen LogP contribution in [-0.4, -0.2) is 11.0 Å². The molecule has 8 heteroatoms. The minimum atomic E-state index is -0.455. The van der Waals surface area contributed by atoms with Crippen molar-refractivity contribution < 1.29 is 4.79 Å². The Hall–Kier alpha value is -1.65. The van der Waals surface area contributed by atoms with Crippen LogP contribution in [0.2, 0.25) is 10.0 Å². The van der Waals surface area contributed by atoms with Crippen LogP contribution in [0.15, 0.2) is 18.2 Å². The molecule has 0 aliphatic heterocycles. The molecule has 3 rings (SSSR count). The van der Waals surface area contributed by atoms with Gasteiger partial charge in [-0.3, -0.25) is 10.1 Å². The Morgan fingerprint density at radius 1 is 1.42 bits per heavy atom. The van der Waals surface area contributed by atoms with Crippen LogP contribution >= 0.6 is 46.8 Å². The van der Waals surface area contributed by atoms with Crippen molar-refractivity contribution in [3.63, 3.8) is 0 Å². The normalized spacial score (nSPS) is 15.7. The third-order valence-corrected chi connectivity index (χ3v) is 6.19. The predicted octanol–water partition coefficient (Wildman–Crippen LogP) is 5.18. The van der Waals surface area contributed by atoms with Gasteiger partial charge in [0.2, 0.25) is 0 Å². The van der Waals surface area contributed by atoms with Crippen LogP contribution in [0.25, 0.3) is 0 Å². The fraction of sp³-hybridized carbons (Fsp3) is 0.278. The van der Waals surface area contributed by atoms with Crippen molar-refractivity contribution in [2.24, 2.45) is 5.92 Å². The number of halogens is 2. The highest BCUT2D eigenvalue weighted by molar-refractivity contribution is 7.80. The van der Waals surface area contributed by atoms with Gasteiger partial charge >= 0.3 is 0 Å². The Bertz CT molecular complexity index is 933. The average Bonchev–Trinajstić information content (AvgIpc) is 2.92. The summed E-state index contributed by atoms with van der Waals surface area (Å²) in [5.74, 6) is 0.153. The monoisotopic (exact) mass is 423 g/mol. The van der Waals surface area contributed by atoms with Gasteiger partial charge in [0.25, 0.3) is 5.91 Å². The van der Waals surface area contributed by atoms with Gasteiger partial charge in [0.05, 0.1) is 16.1 Å². The number of benzene rings is 1. The molecule has 0 fully saturated rings. The first-order valence-corrected chi connectivity index (χ1v) is 9.99. The summed E-state index contributed by atoms with van der Waals surface area (Å²) in [6.07, 6.45) is 2.94. The first kappa shape index (κ1) is 19.1. The summed E-state index contributed by atoms with van der Waals surface area (Å²) in [4.78, 5) is 13.6. The molecule has 2 N–H and O–H groups in total. The van der Waals surface area contributed by atoms with E-state index in [-0.39, 0.29) is 15.7 Å². The quantitative estimate of drug-likeness (QED) is 0.653. The number of carbonyl (C=O) groups excluding carboxylic acids is 1. The number of thiophene rings is 1. The van der Waals surface area contributed by atoms with E-state index in [2.05, 4.69) is 23.6 Å². The number of thiocarbonyl (C=S) groups is 1. The number of hydrogen-bond donors (Lipinski definition) is 2. The van der Waals surface area contributed by atoms with Gasteiger partial charge in [-0.15, -0.1) is 11.3 Å². The highest BCUT2D eigenvalue weighted by Gasteiger charge is 2.24. The number of hydrogen-bond acceptors (Lipinski definition) is 4. The van der Waals surface area contributed by atoms with E-state index in [0.29, 0.717) is 21.5 Å². The van der Waals surface area contributed by atoms with Crippen molar-refractivity contribution in [2.45, 2.75) is 26.2 Å². The van der Waals surface area contributed by atoms with Crippen LogP contribution in [0.5, 0.6) is 0 Å². The van der Waals surface area contributed by atoms with Crippen molar-refractivity contribution >= 4 is 62.8 Å². The lowest BCUT2D eigenvalue weighted by Gasteiger charge is -2.17. The third kappa shape index (κ3) is 4.02. The van der Waals surface area contributed by atoms with Crippen LogP contribution in [0.1, 0.15) is 39.7 Å². The molecular weight excluding hydrogens is 409 g/mol. The van der Waals surface area contributed by atoms with Crippen LogP contribution in [0.4, 0.5) is 5.00 Å². The van der Waals surface area contributed by atoms with Crippen molar-refractivity contribution in [1.29, 1.82) is 5.26 Å². The molecule has 0 radical (unpaired) electrons. The average molecular weight is 424 g/mol. The summed E-state index contributed by atoms with van der Waals surface area (Å²) in [5.41, 5.74) is 1.96. The zero-order valence-corrected chi connectivity index (χ0v) is 17.0. The molecule has 26 heavy (non-hydrogen) atoms.